The van der Waals surface area contributed by atoms with Crippen molar-refractivity contribution in [3.8, 4) is 5.75 Å². The molecule has 0 heterocycles. The van der Waals surface area contributed by atoms with Crippen molar-refractivity contribution in [2.24, 2.45) is 0 Å². The second-order valence-corrected chi connectivity index (χ2v) is 6.23. The summed E-state index contributed by atoms with van der Waals surface area (Å²) in [6.45, 7) is 3.96. The lowest BCUT2D eigenvalue weighted by Gasteiger charge is -2.16. The standard InChI is InChI=1S/C20H22FNO4/c1-12-8-13(2)10-14(9-12)4-7-18(23)22-19(20(24)25)15-5-6-17(26-3)16(21)11-15/h5-6,8-11,19H,4,7H2,1-3H3,(H,22,23)(H,24,25). The second-order valence-electron chi connectivity index (χ2n) is 6.23. The molecule has 0 aliphatic heterocycles. The van der Waals surface area contributed by atoms with Crippen LogP contribution in [0.15, 0.2) is 36.4 Å². The van der Waals surface area contributed by atoms with Crippen molar-refractivity contribution in [1.29, 1.82) is 0 Å². The molecule has 0 spiro atoms. The third-order valence-corrected chi connectivity index (χ3v) is 3.98. The van der Waals surface area contributed by atoms with Crippen LogP contribution < -0.4 is 10.1 Å². The van der Waals surface area contributed by atoms with Crippen molar-refractivity contribution < 1.29 is 23.8 Å². The number of halogens is 1. The van der Waals surface area contributed by atoms with Crippen molar-refractivity contribution in [1.82, 2.24) is 5.32 Å². The Morgan fingerprint density at radius 2 is 1.81 bits per heavy atom. The molecule has 6 heteroatoms. The first-order chi connectivity index (χ1) is 12.3. The Labute approximate surface area is 151 Å². The lowest BCUT2D eigenvalue weighted by Crippen LogP contribution is -2.34. The quantitative estimate of drug-likeness (QED) is 0.795. The predicted molar refractivity (Wildman–Crippen MR) is 95.7 cm³/mol. The number of hydrogen-bond donors (Lipinski definition) is 2. The number of amides is 1. The zero-order valence-electron chi connectivity index (χ0n) is 15.0. The first kappa shape index (κ1) is 19.4. The number of ether oxygens (including phenoxy) is 1. The summed E-state index contributed by atoms with van der Waals surface area (Å²) in [6, 6.07) is 8.53. The number of carbonyl (C=O) groups is 2. The Bertz CT molecular complexity index is 799. The average Bonchev–Trinajstić information content (AvgIpc) is 2.56. The fraction of sp³-hybridized carbons (Fsp3) is 0.300. The van der Waals surface area contributed by atoms with E-state index in [1.54, 1.807) is 0 Å². The molecule has 0 fully saturated rings. The summed E-state index contributed by atoms with van der Waals surface area (Å²) >= 11 is 0. The van der Waals surface area contributed by atoms with Crippen LogP contribution in [0.2, 0.25) is 0 Å². The van der Waals surface area contributed by atoms with Crippen LogP contribution in [0.4, 0.5) is 4.39 Å². The van der Waals surface area contributed by atoms with Crippen molar-refractivity contribution in [3.05, 3.63) is 64.5 Å². The number of carboxylic acid groups (broad SMARTS) is 1. The molecule has 2 N–H and O–H groups in total. The highest BCUT2D eigenvalue weighted by molar-refractivity contribution is 5.84. The van der Waals surface area contributed by atoms with Crippen molar-refractivity contribution in [2.45, 2.75) is 32.7 Å². The molecule has 138 valence electrons. The maximum atomic E-state index is 13.8. The maximum Gasteiger partial charge on any atom is 0.330 e. The smallest absolute Gasteiger partial charge is 0.330 e. The number of carboxylic acids is 1. The van der Waals surface area contributed by atoms with Gasteiger partial charge in [0.2, 0.25) is 5.91 Å². The summed E-state index contributed by atoms with van der Waals surface area (Å²) in [5.74, 6) is -2.33. The number of hydrogen-bond acceptors (Lipinski definition) is 3. The van der Waals surface area contributed by atoms with Crippen molar-refractivity contribution in [2.75, 3.05) is 7.11 Å². The largest absolute Gasteiger partial charge is 0.494 e. The summed E-state index contributed by atoms with van der Waals surface area (Å²) in [5.41, 5.74) is 3.38. The molecule has 1 amide bonds. The Morgan fingerprint density at radius 1 is 1.15 bits per heavy atom. The second kappa shape index (κ2) is 8.47. The maximum absolute atomic E-state index is 13.8. The molecule has 2 aromatic carbocycles. The normalized spacial score (nSPS) is 11.7. The Hall–Kier alpha value is -2.89. The van der Waals surface area contributed by atoms with Gasteiger partial charge in [0, 0.05) is 6.42 Å². The van der Waals surface area contributed by atoms with E-state index in [0.717, 1.165) is 22.8 Å². The molecule has 0 aliphatic carbocycles. The van der Waals surface area contributed by atoms with Gasteiger partial charge in [-0.3, -0.25) is 4.79 Å². The van der Waals surface area contributed by atoms with E-state index < -0.39 is 23.7 Å². The van der Waals surface area contributed by atoms with Gasteiger partial charge >= 0.3 is 5.97 Å². The van der Waals surface area contributed by atoms with Gasteiger partial charge in [-0.25, -0.2) is 9.18 Å². The van der Waals surface area contributed by atoms with Gasteiger partial charge in [0.05, 0.1) is 7.11 Å². The zero-order valence-corrected chi connectivity index (χ0v) is 15.0. The summed E-state index contributed by atoms with van der Waals surface area (Å²) < 4.78 is 18.6. The molecule has 0 aromatic heterocycles. The number of aryl methyl sites for hydroxylation is 3. The highest BCUT2D eigenvalue weighted by Crippen LogP contribution is 2.22. The van der Waals surface area contributed by atoms with Gasteiger partial charge in [-0.2, -0.15) is 0 Å². The first-order valence-corrected chi connectivity index (χ1v) is 8.23. The lowest BCUT2D eigenvalue weighted by atomic mass is 10.0. The summed E-state index contributed by atoms with van der Waals surface area (Å²) in [4.78, 5) is 23.7. The van der Waals surface area contributed by atoms with Crippen LogP contribution in [0.1, 0.15) is 34.7 Å². The van der Waals surface area contributed by atoms with E-state index in [1.807, 2.05) is 32.0 Å². The van der Waals surface area contributed by atoms with Gasteiger partial charge in [0.1, 0.15) is 0 Å². The monoisotopic (exact) mass is 359 g/mol. The van der Waals surface area contributed by atoms with Gasteiger partial charge in [0.25, 0.3) is 0 Å². The number of rotatable bonds is 7. The molecular weight excluding hydrogens is 337 g/mol. The summed E-state index contributed by atoms with van der Waals surface area (Å²) in [6.07, 6.45) is 0.642. The van der Waals surface area contributed by atoms with Crippen molar-refractivity contribution in [3.63, 3.8) is 0 Å². The average molecular weight is 359 g/mol. The molecule has 0 saturated heterocycles. The number of nitrogens with one attached hydrogen (secondary N) is 1. The molecule has 5 nitrogen and oxygen atoms in total. The Morgan fingerprint density at radius 3 is 2.35 bits per heavy atom. The SMILES string of the molecule is COc1ccc(C(NC(=O)CCc2cc(C)cc(C)c2)C(=O)O)cc1F. The highest BCUT2D eigenvalue weighted by atomic mass is 19.1. The number of carbonyl (C=O) groups excluding carboxylic acids is 1. The minimum Gasteiger partial charge on any atom is -0.494 e. The van der Waals surface area contributed by atoms with Crippen LogP contribution in [0.25, 0.3) is 0 Å². The van der Waals surface area contributed by atoms with Gasteiger partial charge in [-0.05, 0) is 43.5 Å². The third kappa shape index (κ3) is 5.05. The van der Waals surface area contributed by atoms with E-state index in [4.69, 9.17) is 4.74 Å². The van der Waals surface area contributed by atoms with Gasteiger partial charge < -0.3 is 15.2 Å². The molecular formula is C20H22FNO4. The third-order valence-electron chi connectivity index (χ3n) is 3.98. The molecule has 0 saturated carbocycles. The van der Waals surface area contributed by atoms with Crippen LogP contribution >= 0.6 is 0 Å². The Balaban J connectivity index is 2.06. The van der Waals surface area contributed by atoms with Gasteiger partial charge in [-0.1, -0.05) is 35.4 Å². The minimum atomic E-state index is -1.32. The molecule has 0 radical (unpaired) electrons. The number of methoxy groups -OCH3 is 1. The molecule has 2 rings (SSSR count). The van der Waals surface area contributed by atoms with Gasteiger partial charge in [-0.15, -0.1) is 0 Å². The van der Waals surface area contributed by atoms with E-state index in [0.29, 0.717) is 6.42 Å². The number of aliphatic carboxylic acids is 1. The molecule has 26 heavy (non-hydrogen) atoms. The van der Waals surface area contributed by atoms with Crippen LogP contribution in [0.3, 0.4) is 0 Å². The van der Waals surface area contributed by atoms with Gasteiger partial charge in [0.15, 0.2) is 17.6 Å². The summed E-state index contributed by atoms with van der Waals surface area (Å²) in [7, 11) is 1.32. The zero-order chi connectivity index (χ0) is 19.3. The molecule has 2 aromatic rings. The molecule has 0 aliphatic rings. The van der Waals surface area contributed by atoms with Crippen LogP contribution in [-0.4, -0.2) is 24.1 Å². The van der Waals surface area contributed by atoms with E-state index >= 15 is 0 Å². The highest BCUT2D eigenvalue weighted by Gasteiger charge is 2.23. The Kier molecular flexibility index (Phi) is 6.33. The van der Waals surface area contributed by atoms with Crippen LogP contribution in [0, 0.1) is 19.7 Å². The lowest BCUT2D eigenvalue weighted by molar-refractivity contribution is -0.142. The van der Waals surface area contributed by atoms with E-state index in [-0.39, 0.29) is 17.7 Å². The van der Waals surface area contributed by atoms with Crippen LogP contribution in [-0.2, 0) is 16.0 Å². The summed E-state index contributed by atoms with van der Waals surface area (Å²) in [5, 5.41) is 11.8. The topological polar surface area (TPSA) is 75.6 Å². The van der Waals surface area contributed by atoms with E-state index in [2.05, 4.69) is 5.32 Å². The fourth-order valence-corrected chi connectivity index (χ4v) is 2.85. The first-order valence-electron chi connectivity index (χ1n) is 8.23. The minimum absolute atomic E-state index is 0.0130. The fourth-order valence-electron chi connectivity index (χ4n) is 2.85. The molecule has 1 unspecified atom stereocenters. The molecule has 1 atom stereocenters. The van der Waals surface area contributed by atoms with E-state index in [9.17, 15) is 19.1 Å². The number of benzene rings is 2. The predicted octanol–water partition coefficient (Wildman–Crippen LogP) is 3.33. The van der Waals surface area contributed by atoms with E-state index in [1.165, 1.54) is 19.2 Å². The van der Waals surface area contributed by atoms with Crippen LogP contribution in [0.5, 0.6) is 5.75 Å². The molecule has 0 bridgehead atoms. The van der Waals surface area contributed by atoms with Crippen molar-refractivity contribution >= 4 is 11.9 Å².